The number of carbonyl (C=O) groups excluding carboxylic acids is 1. The molecule has 0 amide bonds. The van der Waals surface area contributed by atoms with Gasteiger partial charge in [0.2, 0.25) is 0 Å². The summed E-state index contributed by atoms with van der Waals surface area (Å²) >= 11 is 3.70. The third kappa shape index (κ3) is 3.59. The van der Waals surface area contributed by atoms with Gasteiger partial charge in [0.1, 0.15) is 0 Å². The van der Waals surface area contributed by atoms with Crippen LogP contribution in [0.5, 0.6) is 5.75 Å². The highest BCUT2D eigenvalue weighted by Crippen LogP contribution is 2.36. The number of benzene rings is 1. The Kier molecular flexibility index (Phi) is 5.26. The number of rotatable bonds is 5. The second-order valence-electron chi connectivity index (χ2n) is 4.01. The van der Waals surface area contributed by atoms with Crippen LogP contribution in [-0.2, 0) is 9.68 Å². The second-order valence-corrected chi connectivity index (χ2v) is 6.63. The molecule has 0 N–H and O–H groups in total. The van der Waals surface area contributed by atoms with Gasteiger partial charge in [-0.1, -0.05) is 25.1 Å². The van der Waals surface area contributed by atoms with Crippen LogP contribution >= 0.6 is 23.5 Å². The molecule has 0 radical (unpaired) electrons. The van der Waals surface area contributed by atoms with Crippen molar-refractivity contribution in [1.82, 2.24) is 0 Å². The molecule has 1 saturated heterocycles. The van der Waals surface area contributed by atoms with Gasteiger partial charge in [0, 0.05) is 16.1 Å². The summed E-state index contributed by atoms with van der Waals surface area (Å²) in [5, 5.41) is 1.42. The predicted octanol–water partition coefficient (Wildman–Crippen LogP) is 3.36. The van der Waals surface area contributed by atoms with Crippen molar-refractivity contribution in [3.8, 4) is 5.75 Å². The number of thioether (sulfide) groups is 2. The third-order valence-electron chi connectivity index (χ3n) is 2.80. The number of hydrogen-bond acceptors (Lipinski definition) is 5. The molecule has 0 bridgehead atoms. The second kappa shape index (κ2) is 6.95. The van der Waals surface area contributed by atoms with Crippen molar-refractivity contribution in [2.45, 2.75) is 18.6 Å². The maximum absolute atomic E-state index is 12.0. The average Bonchev–Trinajstić information content (AvgIpc) is 2.92. The van der Waals surface area contributed by atoms with Crippen molar-refractivity contribution in [2.75, 3.05) is 10.8 Å². The molecule has 98 valence electrons. The molecule has 3 nitrogen and oxygen atoms in total. The smallest absolute Gasteiger partial charge is 0.287 e. The van der Waals surface area contributed by atoms with Gasteiger partial charge < -0.3 is 0 Å². The monoisotopic (exact) mass is 284 g/mol. The summed E-state index contributed by atoms with van der Waals surface area (Å²) in [5.41, 5.74) is 0. The van der Waals surface area contributed by atoms with Crippen molar-refractivity contribution in [1.29, 1.82) is 0 Å². The van der Waals surface area contributed by atoms with Crippen LogP contribution in [0.2, 0.25) is 0 Å². The normalized spacial score (nSPS) is 20.4. The van der Waals surface area contributed by atoms with Gasteiger partial charge >= 0.3 is 5.97 Å². The van der Waals surface area contributed by atoms with Crippen LogP contribution < -0.4 is 4.89 Å². The van der Waals surface area contributed by atoms with Gasteiger partial charge in [0.15, 0.2) is 5.75 Å². The maximum Gasteiger partial charge on any atom is 0.359 e. The molecule has 5 heteroatoms. The Morgan fingerprint density at radius 3 is 2.83 bits per heavy atom. The zero-order valence-electron chi connectivity index (χ0n) is 10.2. The van der Waals surface area contributed by atoms with E-state index in [9.17, 15) is 4.79 Å². The molecule has 2 rings (SSSR count). The van der Waals surface area contributed by atoms with Gasteiger partial charge in [-0.3, -0.25) is 9.78 Å². The first-order chi connectivity index (χ1) is 8.81. The van der Waals surface area contributed by atoms with Gasteiger partial charge in [-0.2, -0.15) is 0 Å². The summed E-state index contributed by atoms with van der Waals surface area (Å²) in [6.45, 7) is 2.01. The van der Waals surface area contributed by atoms with Crippen molar-refractivity contribution in [3.63, 3.8) is 0 Å². The fourth-order valence-electron chi connectivity index (χ4n) is 1.79. The van der Waals surface area contributed by atoms with Crippen LogP contribution in [0, 0.1) is 5.92 Å². The Morgan fingerprint density at radius 2 is 2.22 bits per heavy atom. The summed E-state index contributed by atoms with van der Waals surface area (Å²) in [6.07, 6.45) is 0.787. The minimum atomic E-state index is -0.263. The first kappa shape index (κ1) is 13.6. The highest BCUT2D eigenvalue weighted by atomic mass is 32.2. The molecule has 0 spiro atoms. The first-order valence-corrected chi connectivity index (χ1v) is 8.14. The topological polar surface area (TPSA) is 35.5 Å². The molecule has 0 aromatic heterocycles. The number of para-hydroxylation sites is 1. The zero-order valence-corrected chi connectivity index (χ0v) is 11.8. The van der Waals surface area contributed by atoms with Crippen molar-refractivity contribution in [3.05, 3.63) is 30.3 Å². The van der Waals surface area contributed by atoms with Gasteiger partial charge in [-0.15, -0.1) is 23.5 Å². The van der Waals surface area contributed by atoms with Gasteiger partial charge in [-0.05, 0) is 18.6 Å². The molecule has 2 unspecified atom stereocenters. The Hall–Kier alpha value is -0.810. The van der Waals surface area contributed by atoms with Crippen molar-refractivity contribution >= 4 is 29.5 Å². The summed E-state index contributed by atoms with van der Waals surface area (Å²) in [4.78, 5) is 21.9. The highest BCUT2D eigenvalue weighted by Gasteiger charge is 2.32. The quantitative estimate of drug-likeness (QED) is 0.612. The molecular formula is C13H16O3S2. The fourth-order valence-corrected chi connectivity index (χ4v) is 4.93. The van der Waals surface area contributed by atoms with Crippen LogP contribution in [-0.4, -0.2) is 22.1 Å². The van der Waals surface area contributed by atoms with Gasteiger partial charge in [0.05, 0.1) is 5.92 Å². The lowest BCUT2D eigenvalue weighted by Crippen LogP contribution is -2.28. The standard InChI is InChI=1S/C13H16O3S2/c1-2-11(12-8-17-9-18-12)13(14)16-15-10-6-4-3-5-7-10/h3-7,11-12H,2,8-9H2,1H3. The zero-order chi connectivity index (χ0) is 12.8. The van der Waals surface area contributed by atoms with Crippen LogP contribution in [0.1, 0.15) is 13.3 Å². The van der Waals surface area contributed by atoms with E-state index in [0.29, 0.717) is 11.0 Å². The van der Waals surface area contributed by atoms with E-state index in [0.717, 1.165) is 17.3 Å². The largest absolute Gasteiger partial charge is 0.359 e. The summed E-state index contributed by atoms with van der Waals surface area (Å²) in [6, 6.07) is 9.08. The molecule has 2 atom stereocenters. The molecule has 1 heterocycles. The summed E-state index contributed by atoms with van der Waals surface area (Å²) < 4.78 is 0. The molecule has 1 aromatic rings. The van der Waals surface area contributed by atoms with Crippen LogP contribution in [0.25, 0.3) is 0 Å². The van der Waals surface area contributed by atoms with E-state index >= 15 is 0 Å². The van der Waals surface area contributed by atoms with Crippen molar-refractivity contribution < 1.29 is 14.6 Å². The van der Waals surface area contributed by atoms with Crippen LogP contribution in [0.3, 0.4) is 0 Å². The Labute approximate surface area is 116 Å². The molecule has 1 aromatic carbocycles. The van der Waals surface area contributed by atoms with E-state index in [1.807, 2.05) is 48.6 Å². The minimum absolute atomic E-state index is 0.0753. The Morgan fingerprint density at radius 1 is 1.44 bits per heavy atom. The fraction of sp³-hybridized carbons (Fsp3) is 0.462. The minimum Gasteiger partial charge on any atom is -0.287 e. The SMILES string of the molecule is CCC(C(=O)OOc1ccccc1)C1CSCS1. The van der Waals surface area contributed by atoms with E-state index in [2.05, 4.69) is 0 Å². The highest BCUT2D eigenvalue weighted by molar-refractivity contribution is 8.19. The van der Waals surface area contributed by atoms with E-state index < -0.39 is 0 Å². The van der Waals surface area contributed by atoms with Crippen molar-refractivity contribution in [2.24, 2.45) is 5.92 Å². The number of hydrogen-bond donors (Lipinski definition) is 0. The average molecular weight is 284 g/mol. The van der Waals surface area contributed by atoms with Crippen LogP contribution in [0.4, 0.5) is 0 Å². The summed E-state index contributed by atoms with van der Waals surface area (Å²) in [5.74, 6) is 1.23. The van der Waals surface area contributed by atoms with E-state index in [1.165, 1.54) is 0 Å². The van der Waals surface area contributed by atoms with E-state index in [4.69, 9.17) is 9.78 Å². The molecule has 0 aliphatic carbocycles. The lowest BCUT2D eigenvalue weighted by Gasteiger charge is -2.17. The number of carbonyl (C=O) groups is 1. The molecule has 18 heavy (non-hydrogen) atoms. The Bertz CT molecular complexity index is 377. The maximum atomic E-state index is 12.0. The molecule has 1 aliphatic rings. The first-order valence-electron chi connectivity index (χ1n) is 5.94. The predicted molar refractivity (Wildman–Crippen MR) is 75.6 cm³/mol. The van der Waals surface area contributed by atoms with Gasteiger partial charge in [0.25, 0.3) is 0 Å². The molecular weight excluding hydrogens is 268 g/mol. The molecule has 1 aliphatic heterocycles. The lowest BCUT2D eigenvalue weighted by atomic mass is 10.0. The van der Waals surface area contributed by atoms with E-state index in [-0.39, 0.29) is 11.9 Å². The third-order valence-corrected chi connectivity index (χ3v) is 5.74. The molecule has 1 fully saturated rings. The summed E-state index contributed by atoms with van der Waals surface area (Å²) in [7, 11) is 0. The Balaban J connectivity index is 1.86. The van der Waals surface area contributed by atoms with Gasteiger partial charge in [-0.25, -0.2) is 4.79 Å². The lowest BCUT2D eigenvalue weighted by molar-refractivity contribution is -0.218. The van der Waals surface area contributed by atoms with E-state index in [1.54, 1.807) is 12.1 Å². The van der Waals surface area contributed by atoms with Crippen LogP contribution in [0.15, 0.2) is 30.3 Å². The molecule has 0 saturated carbocycles.